The van der Waals surface area contributed by atoms with Gasteiger partial charge in [0.15, 0.2) is 0 Å². The summed E-state index contributed by atoms with van der Waals surface area (Å²) in [5.41, 5.74) is 5.91. The van der Waals surface area contributed by atoms with Gasteiger partial charge >= 0.3 is 0 Å². The summed E-state index contributed by atoms with van der Waals surface area (Å²) in [6.45, 7) is 6.12. The number of nitrogens with zero attached hydrogens (tertiary/aromatic N) is 3. The lowest BCUT2D eigenvalue weighted by atomic mass is 10.1. The van der Waals surface area contributed by atoms with Crippen molar-refractivity contribution in [3.63, 3.8) is 0 Å². The molecule has 0 aromatic heterocycles. The Kier molecular flexibility index (Phi) is 5.50. The predicted molar refractivity (Wildman–Crippen MR) is 85.7 cm³/mol. The van der Waals surface area contributed by atoms with Gasteiger partial charge in [0.1, 0.15) is 0 Å². The number of carbonyl (C=O) groups excluding carboxylic acids is 2. The Hall–Kier alpha value is -1.18. The van der Waals surface area contributed by atoms with Crippen LogP contribution in [-0.2, 0) is 14.3 Å². The number of hydrogen-bond donors (Lipinski definition) is 1. The molecule has 7 heteroatoms. The van der Waals surface area contributed by atoms with Crippen LogP contribution in [0.4, 0.5) is 0 Å². The van der Waals surface area contributed by atoms with E-state index in [-0.39, 0.29) is 23.8 Å². The average Bonchev–Trinajstić information content (AvgIpc) is 3.02. The molecular weight excluding hydrogens is 296 g/mol. The maximum absolute atomic E-state index is 12.5. The Bertz CT molecular complexity index is 431. The maximum atomic E-state index is 12.5. The van der Waals surface area contributed by atoms with Crippen molar-refractivity contribution in [2.24, 2.45) is 11.7 Å². The van der Waals surface area contributed by atoms with Crippen LogP contribution in [-0.4, -0.2) is 91.6 Å². The molecule has 2 atom stereocenters. The van der Waals surface area contributed by atoms with Crippen LogP contribution in [0, 0.1) is 5.92 Å². The zero-order valence-electron chi connectivity index (χ0n) is 13.8. The van der Waals surface area contributed by atoms with Gasteiger partial charge < -0.3 is 20.3 Å². The number of piperazine rings is 1. The first-order chi connectivity index (χ1) is 11.1. The highest BCUT2D eigenvalue weighted by Crippen LogP contribution is 2.26. The Labute approximate surface area is 137 Å². The fourth-order valence-electron chi connectivity index (χ4n) is 3.73. The van der Waals surface area contributed by atoms with E-state index in [0.29, 0.717) is 32.8 Å². The van der Waals surface area contributed by atoms with Crippen molar-refractivity contribution in [3.8, 4) is 0 Å². The third kappa shape index (κ3) is 4.22. The van der Waals surface area contributed by atoms with Crippen molar-refractivity contribution < 1.29 is 14.3 Å². The molecule has 0 radical (unpaired) electrons. The van der Waals surface area contributed by atoms with E-state index in [9.17, 15) is 9.59 Å². The number of amides is 2. The van der Waals surface area contributed by atoms with Crippen LogP contribution in [0.1, 0.15) is 19.3 Å². The Balaban J connectivity index is 1.41. The third-order valence-electron chi connectivity index (χ3n) is 5.23. The first-order valence-corrected chi connectivity index (χ1v) is 8.75. The van der Waals surface area contributed by atoms with Crippen LogP contribution in [0.15, 0.2) is 0 Å². The quantitative estimate of drug-likeness (QED) is 0.729. The maximum Gasteiger partial charge on any atom is 0.236 e. The second-order valence-electron chi connectivity index (χ2n) is 6.86. The number of rotatable bonds is 3. The highest BCUT2D eigenvalue weighted by Gasteiger charge is 2.32. The van der Waals surface area contributed by atoms with Crippen LogP contribution >= 0.6 is 0 Å². The van der Waals surface area contributed by atoms with E-state index in [0.717, 1.165) is 45.4 Å². The molecule has 1 saturated carbocycles. The van der Waals surface area contributed by atoms with Crippen LogP contribution < -0.4 is 5.73 Å². The summed E-state index contributed by atoms with van der Waals surface area (Å²) in [5, 5.41) is 0. The molecule has 2 unspecified atom stereocenters. The summed E-state index contributed by atoms with van der Waals surface area (Å²) < 4.78 is 5.28. The van der Waals surface area contributed by atoms with Crippen molar-refractivity contribution in [1.29, 1.82) is 0 Å². The Morgan fingerprint density at radius 1 is 0.957 bits per heavy atom. The highest BCUT2D eigenvalue weighted by atomic mass is 16.5. The fourth-order valence-corrected chi connectivity index (χ4v) is 3.73. The van der Waals surface area contributed by atoms with E-state index >= 15 is 0 Å². The van der Waals surface area contributed by atoms with Crippen LogP contribution in [0.3, 0.4) is 0 Å². The van der Waals surface area contributed by atoms with E-state index in [4.69, 9.17) is 10.5 Å². The van der Waals surface area contributed by atoms with Gasteiger partial charge in [-0.25, -0.2) is 0 Å². The molecule has 2 amide bonds. The molecule has 23 heavy (non-hydrogen) atoms. The van der Waals surface area contributed by atoms with Crippen molar-refractivity contribution in [2.75, 3.05) is 59.0 Å². The minimum Gasteiger partial charge on any atom is -0.378 e. The monoisotopic (exact) mass is 324 g/mol. The van der Waals surface area contributed by atoms with E-state index in [1.165, 1.54) is 0 Å². The lowest BCUT2D eigenvalue weighted by molar-refractivity contribution is -0.139. The number of ether oxygens (including phenoxy) is 1. The van der Waals surface area contributed by atoms with E-state index < -0.39 is 0 Å². The van der Waals surface area contributed by atoms with Crippen molar-refractivity contribution in [2.45, 2.75) is 25.3 Å². The first kappa shape index (κ1) is 16.7. The zero-order valence-corrected chi connectivity index (χ0v) is 13.8. The highest BCUT2D eigenvalue weighted by molar-refractivity contribution is 5.80. The summed E-state index contributed by atoms with van der Waals surface area (Å²) in [4.78, 5) is 30.7. The summed E-state index contributed by atoms with van der Waals surface area (Å²) in [6.07, 6.45) is 2.72. The van der Waals surface area contributed by atoms with Crippen LogP contribution in [0.5, 0.6) is 0 Å². The number of morpholine rings is 1. The molecule has 0 bridgehead atoms. The van der Waals surface area contributed by atoms with Crippen LogP contribution in [0.25, 0.3) is 0 Å². The van der Waals surface area contributed by atoms with Gasteiger partial charge in [0.25, 0.3) is 0 Å². The normalized spacial score (nSPS) is 29.8. The molecule has 2 N–H and O–H groups in total. The fraction of sp³-hybridized carbons (Fsp3) is 0.875. The second kappa shape index (κ2) is 7.59. The smallest absolute Gasteiger partial charge is 0.236 e. The standard InChI is InChI=1S/C16H28N4O3/c17-14-2-1-13(11-14)16(22)20-5-3-18(4-6-20)12-15(21)19-7-9-23-10-8-19/h13-14H,1-12,17H2. The summed E-state index contributed by atoms with van der Waals surface area (Å²) in [5.74, 6) is 0.554. The number of carbonyl (C=O) groups is 2. The number of hydrogen-bond acceptors (Lipinski definition) is 5. The molecule has 0 spiro atoms. The minimum absolute atomic E-state index is 0.117. The van der Waals surface area contributed by atoms with Gasteiger partial charge in [-0.15, -0.1) is 0 Å². The Morgan fingerprint density at radius 3 is 2.26 bits per heavy atom. The molecule has 2 saturated heterocycles. The van der Waals surface area contributed by atoms with Crippen molar-refractivity contribution in [3.05, 3.63) is 0 Å². The largest absolute Gasteiger partial charge is 0.378 e. The van der Waals surface area contributed by atoms with Gasteiger partial charge in [-0.3, -0.25) is 14.5 Å². The molecule has 1 aliphatic carbocycles. The molecule has 130 valence electrons. The Morgan fingerprint density at radius 2 is 1.65 bits per heavy atom. The summed E-state index contributed by atoms with van der Waals surface area (Å²) in [7, 11) is 0. The second-order valence-corrected chi connectivity index (χ2v) is 6.86. The van der Waals surface area contributed by atoms with Gasteiger partial charge in [0.2, 0.25) is 11.8 Å². The molecule has 0 aromatic carbocycles. The molecule has 2 aliphatic heterocycles. The van der Waals surface area contributed by atoms with Crippen molar-refractivity contribution in [1.82, 2.24) is 14.7 Å². The SMILES string of the molecule is NC1CCC(C(=O)N2CCN(CC(=O)N3CCOCC3)CC2)C1. The molecule has 0 aromatic rings. The van der Waals surface area contributed by atoms with Gasteiger partial charge in [-0.1, -0.05) is 0 Å². The lowest BCUT2D eigenvalue weighted by Gasteiger charge is -2.37. The molecule has 3 rings (SSSR count). The molecule has 2 heterocycles. The number of nitrogens with two attached hydrogens (primary N) is 1. The lowest BCUT2D eigenvalue weighted by Crippen LogP contribution is -2.53. The molecule has 7 nitrogen and oxygen atoms in total. The molecular formula is C16H28N4O3. The molecule has 3 aliphatic rings. The van der Waals surface area contributed by atoms with Gasteiger partial charge in [-0.2, -0.15) is 0 Å². The molecule has 3 fully saturated rings. The van der Waals surface area contributed by atoms with E-state index in [2.05, 4.69) is 4.90 Å². The van der Waals surface area contributed by atoms with Crippen molar-refractivity contribution >= 4 is 11.8 Å². The topological polar surface area (TPSA) is 79.1 Å². The van der Waals surface area contributed by atoms with Crippen LogP contribution in [0.2, 0.25) is 0 Å². The van der Waals surface area contributed by atoms with Gasteiger partial charge in [0, 0.05) is 51.2 Å². The van der Waals surface area contributed by atoms with E-state index in [1.807, 2.05) is 9.80 Å². The average molecular weight is 324 g/mol. The predicted octanol–water partition coefficient (Wildman–Crippen LogP) is -0.883. The third-order valence-corrected chi connectivity index (χ3v) is 5.23. The minimum atomic E-state index is 0.117. The summed E-state index contributed by atoms with van der Waals surface area (Å²) >= 11 is 0. The van der Waals surface area contributed by atoms with Gasteiger partial charge in [-0.05, 0) is 19.3 Å². The zero-order chi connectivity index (χ0) is 16.2. The summed E-state index contributed by atoms with van der Waals surface area (Å²) in [6, 6.07) is 0.191. The van der Waals surface area contributed by atoms with Gasteiger partial charge in [0.05, 0.1) is 19.8 Å². The first-order valence-electron chi connectivity index (χ1n) is 8.75. The van der Waals surface area contributed by atoms with E-state index in [1.54, 1.807) is 0 Å².